The number of carbonyl (C=O) groups is 2. The van der Waals surface area contributed by atoms with E-state index in [-0.39, 0.29) is 5.56 Å². The molecule has 0 spiro atoms. The largest absolute Gasteiger partial charge is 0.435 e. The summed E-state index contributed by atoms with van der Waals surface area (Å²) in [4.78, 5) is 25.0. The van der Waals surface area contributed by atoms with Gasteiger partial charge in [-0.1, -0.05) is 0 Å². The van der Waals surface area contributed by atoms with Crippen LogP contribution in [-0.2, 0) is 11.0 Å². The molecule has 78 valence electrons. The third-order valence-corrected chi connectivity index (χ3v) is 1.91. The van der Waals surface area contributed by atoms with E-state index in [1.54, 1.807) is 0 Å². The van der Waals surface area contributed by atoms with E-state index >= 15 is 0 Å². The van der Waals surface area contributed by atoms with Crippen molar-refractivity contribution in [3.05, 3.63) is 23.5 Å². The molecule has 0 radical (unpaired) electrons. The first-order valence-corrected chi connectivity index (χ1v) is 3.83. The normalized spacial score (nSPS) is 15.1. The van der Waals surface area contributed by atoms with E-state index in [0.717, 1.165) is 12.3 Å². The van der Waals surface area contributed by atoms with Gasteiger partial charge in [0.1, 0.15) is 0 Å². The molecule has 1 aliphatic heterocycles. The molecular weight excluding hydrogens is 213 g/mol. The molecule has 15 heavy (non-hydrogen) atoms. The summed E-state index contributed by atoms with van der Waals surface area (Å²) in [5.41, 5.74) is -2.10. The van der Waals surface area contributed by atoms with E-state index in [4.69, 9.17) is 0 Å². The van der Waals surface area contributed by atoms with Crippen molar-refractivity contribution in [1.29, 1.82) is 0 Å². The number of ketones is 1. The van der Waals surface area contributed by atoms with E-state index in [0.29, 0.717) is 0 Å². The van der Waals surface area contributed by atoms with Crippen LogP contribution in [-0.4, -0.2) is 16.7 Å². The number of anilines is 1. The first-order valence-electron chi connectivity index (χ1n) is 3.83. The summed E-state index contributed by atoms with van der Waals surface area (Å²) in [7, 11) is 0. The summed E-state index contributed by atoms with van der Waals surface area (Å²) in [6, 6.07) is 1.07. The molecule has 4 nitrogen and oxygen atoms in total. The lowest BCUT2D eigenvalue weighted by atomic mass is 10.1. The van der Waals surface area contributed by atoms with Crippen molar-refractivity contribution >= 4 is 17.4 Å². The summed E-state index contributed by atoms with van der Waals surface area (Å²) in [5.74, 6) is -2.04. The Balaban J connectivity index is 2.65. The van der Waals surface area contributed by atoms with Gasteiger partial charge in [0.2, 0.25) is 0 Å². The molecule has 2 heterocycles. The van der Waals surface area contributed by atoms with Crippen LogP contribution in [0.15, 0.2) is 12.3 Å². The maximum atomic E-state index is 12.4. The first kappa shape index (κ1) is 9.63. The molecular formula is C8H3F3N2O2. The monoisotopic (exact) mass is 216 g/mol. The molecule has 0 fully saturated rings. The lowest BCUT2D eigenvalue weighted by Crippen LogP contribution is -2.14. The first-order chi connectivity index (χ1) is 6.91. The topological polar surface area (TPSA) is 59.1 Å². The minimum Gasteiger partial charge on any atom is -0.317 e. The molecule has 0 unspecified atom stereocenters. The van der Waals surface area contributed by atoms with Crippen molar-refractivity contribution in [3.8, 4) is 0 Å². The van der Waals surface area contributed by atoms with Crippen LogP contribution in [0.3, 0.4) is 0 Å². The molecule has 0 atom stereocenters. The predicted molar refractivity (Wildman–Crippen MR) is 42.2 cm³/mol. The number of Topliss-reactive ketones (excluding diaryl/α,β-unsaturated/α-hetero) is 1. The zero-order valence-corrected chi connectivity index (χ0v) is 7.05. The maximum Gasteiger partial charge on any atom is 0.435 e. The van der Waals surface area contributed by atoms with E-state index in [1.807, 2.05) is 5.32 Å². The minimum atomic E-state index is -4.69. The highest BCUT2D eigenvalue weighted by Crippen LogP contribution is 2.36. The van der Waals surface area contributed by atoms with Crippen LogP contribution in [0.5, 0.6) is 0 Å². The molecule has 0 saturated carbocycles. The van der Waals surface area contributed by atoms with Gasteiger partial charge in [0.25, 0.3) is 11.7 Å². The van der Waals surface area contributed by atoms with Crippen LogP contribution < -0.4 is 5.32 Å². The lowest BCUT2D eigenvalue weighted by Gasteiger charge is -2.08. The zero-order chi connectivity index (χ0) is 11.2. The van der Waals surface area contributed by atoms with E-state index < -0.39 is 29.2 Å². The predicted octanol–water partition coefficient (Wildman–Crippen LogP) is 1.24. The van der Waals surface area contributed by atoms with Crippen molar-refractivity contribution < 1.29 is 22.8 Å². The Labute approximate surface area is 81.1 Å². The molecule has 0 aromatic carbocycles. The summed E-state index contributed by atoms with van der Waals surface area (Å²) in [5, 5.41) is 1.85. The third-order valence-electron chi connectivity index (χ3n) is 1.91. The molecule has 2 rings (SSSR count). The number of fused-ring (bicyclic) bond motifs is 1. The SMILES string of the molecule is O=C1Nc2c(ccnc2C(F)(F)F)C1=O. The number of aromatic nitrogens is 1. The Morgan fingerprint density at radius 3 is 2.53 bits per heavy atom. The average Bonchev–Trinajstić information content (AvgIpc) is 2.41. The van der Waals surface area contributed by atoms with Gasteiger partial charge in [-0.15, -0.1) is 0 Å². The summed E-state index contributed by atoms with van der Waals surface area (Å²) in [6.07, 6.45) is -3.84. The Kier molecular flexibility index (Phi) is 1.79. The second kappa shape index (κ2) is 2.78. The number of amides is 1. The molecule has 1 amide bonds. The van der Waals surface area contributed by atoms with Crippen LogP contribution in [0.1, 0.15) is 16.1 Å². The van der Waals surface area contributed by atoms with Crippen LogP contribution >= 0.6 is 0 Å². The Morgan fingerprint density at radius 1 is 1.27 bits per heavy atom. The van der Waals surface area contributed by atoms with Gasteiger partial charge in [-0.3, -0.25) is 9.59 Å². The van der Waals surface area contributed by atoms with E-state index in [1.165, 1.54) is 0 Å². The van der Waals surface area contributed by atoms with Gasteiger partial charge in [-0.05, 0) is 6.07 Å². The quantitative estimate of drug-likeness (QED) is 0.663. The number of pyridine rings is 1. The average molecular weight is 216 g/mol. The fraction of sp³-hybridized carbons (Fsp3) is 0.125. The molecule has 1 aromatic heterocycles. The highest BCUT2D eigenvalue weighted by Gasteiger charge is 2.41. The number of halogens is 3. The molecule has 0 aliphatic carbocycles. The molecule has 1 aliphatic rings. The zero-order valence-electron chi connectivity index (χ0n) is 7.05. The Bertz CT molecular complexity index is 467. The number of alkyl halides is 3. The number of nitrogens with one attached hydrogen (secondary N) is 1. The van der Waals surface area contributed by atoms with Crippen molar-refractivity contribution in [1.82, 2.24) is 4.98 Å². The number of nitrogens with zero attached hydrogens (tertiary/aromatic N) is 1. The van der Waals surface area contributed by atoms with Crippen LogP contribution in [0.4, 0.5) is 18.9 Å². The van der Waals surface area contributed by atoms with Crippen LogP contribution in [0.25, 0.3) is 0 Å². The van der Waals surface area contributed by atoms with Gasteiger partial charge in [-0.25, -0.2) is 4.98 Å². The number of hydrogen-bond acceptors (Lipinski definition) is 3. The minimum absolute atomic E-state index is 0.290. The van der Waals surface area contributed by atoms with Gasteiger partial charge >= 0.3 is 6.18 Å². The summed E-state index contributed by atoms with van der Waals surface area (Å²) < 4.78 is 37.1. The van der Waals surface area contributed by atoms with Gasteiger partial charge < -0.3 is 5.32 Å². The summed E-state index contributed by atoms with van der Waals surface area (Å²) in [6.45, 7) is 0. The molecule has 1 N–H and O–H groups in total. The maximum absolute atomic E-state index is 12.4. The highest BCUT2D eigenvalue weighted by atomic mass is 19.4. The van der Waals surface area contributed by atoms with Crippen LogP contribution in [0.2, 0.25) is 0 Å². The Hall–Kier alpha value is -1.92. The van der Waals surface area contributed by atoms with E-state index in [9.17, 15) is 22.8 Å². The van der Waals surface area contributed by atoms with Gasteiger partial charge in [0.05, 0.1) is 11.3 Å². The van der Waals surface area contributed by atoms with Gasteiger partial charge in [-0.2, -0.15) is 13.2 Å². The smallest absolute Gasteiger partial charge is 0.317 e. The van der Waals surface area contributed by atoms with Crippen molar-refractivity contribution in [3.63, 3.8) is 0 Å². The van der Waals surface area contributed by atoms with E-state index in [2.05, 4.69) is 4.98 Å². The number of hydrogen-bond donors (Lipinski definition) is 1. The number of carbonyl (C=O) groups excluding carboxylic acids is 2. The Morgan fingerprint density at radius 2 is 1.93 bits per heavy atom. The number of rotatable bonds is 0. The summed E-state index contributed by atoms with van der Waals surface area (Å²) >= 11 is 0. The third kappa shape index (κ3) is 1.36. The lowest BCUT2D eigenvalue weighted by molar-refractivity contribution is -0.140. The van der Waals surface area contributed by atoms with Crippen LogP contribution in [0, 0.1) is 0 Å². The second-order valence-electron chi connectivity index (χ2n) is 2.86. The molecule has 1 aromatic rings. The van der Waals surface area contributed by atoms with Crippen molar-refractivity contribution in [2.75, 3.05) is 5.32 Å². The standard InChI is InChI=1S/C8H3F3N2O2/c9-8(10,11)6-4-3(1-2-12-6)5(14)7(15)13-4/h1-2H,(H,13,14,15). The van der Waals surface area contributed by atoms with Crippen molar-refractivity contribution in [2.24, 2.45) is 0 Å². The fourth-order valence-electron chi connectivity index (χ4n) is 1.29. The fourth-order valence-corrected chi connectivity index (χ4v) is 1.29. The van der Waals surface area contributed by atoms with Gasteiger partial charge in [0, 0.05) is 6.20 Å². The molecule has 0 saturated heterocycles. The molecule has 0 bridgehead atoms. The second-order valence-corrected chi connectivity index (χ2v) is 2.86. The molecule has 7 heteroatoms. The van der Waals surface area contributed by atoms with Gasteiger partial charge in [0.15, 0.2) is 5.69 Å². The highest BCUT2D eigenvalue weighted by molar-refractivity contribution is 6.51. The van der Waals surface area contributed by atoms with Crippen molar-refractivity contribution in [2.45, 2.75) is 6.18 Å².